The summed E-state index contributed by atoms with van der Waals surface area (Å²) >= 11 is 0. The third-order valence-electron chi connectivity index (χ3n) is 5.93. The van der Waals surface area contributed by atoms with E-state index in [1.807, 2.05) is 0 Å². The van der Waals surface area contributed by atoms with Crippen molar-refractivity contribution in [2.45, 2.75) is 53.4 Å². The molecule has 1 heteroatoms. The average molecular weight is 324 g/mol. The van der Waals surface area contributed by atoms with Gasteiger partial charge in [0.1, 0.15) is 0 Å². The summed E-state index contributed by atoms with van der Waals surface area (Å²) in [6.45, 7) is 9.32. The van der Waals surface area contributed by atoms with Crippen LogP contribution in [0.4, 0.5) is 0 Å². The molecule has 1 aromatic heterocycles. The summed E-state index contributed by atoms with van der Waals surface area (Å²) in [5, 5.41) is 0. The average Bonchev–Trinajstić information content (AvgIpc) is 3.17. The third-order valence-corrected chi connectivity index (χ3v) is 5.93. The largest absolute Gasteiger partial charge is 0.258 e. The number of hydrogen-bond acceptors (Lipinski definition) is 1. The van der Waals surface area contributed by atoms with Crippen molar-refractivity contribution in [2.75, 3.05) is 0 Å². The summed E-state index contributed by atoms with van der Waals surface area (Å²) in [4.78, 5) is 4.97. The lowest BCUT2D eigenvalue weighted by molar-refractivity contribution is 0.409. The zero-order chi connectivity index (χ0) is 17.1. The monoisotopic (exact) mass is 323 g/mol. The molecular weight excluding hydrogens is 290 g/mol. The molecule has 0 aliphatic heterocycles. The molecule has 0 aromatic carbocycles. The van der Waals surface area contributed by atoms with Gasteiger partial charge in [0.25, 0.3) is 0 Å². The normalized spacial score (nSPS) is 29.2. The Morgan fingerprint density at radius 2 is 1.25 bits per heavy atom. The van der Waals surface area contributed by atoms with Crippen LogP contribution in [-0.2, 0) is 12.8 Å². The molecule has 3 rings (SSSR count). The van der Waals surface area contributed by atoms with Gasteiger partial charge in [0.15, 0.2) is 0 Å². The minimum Gasteiger partial charge on any atom is -0.258 e. The zero-order valence-electron chi connectivity index (χ0n) is 15.8. The van der Waals surface area contributed by atoms with Crippen LogP contribution >= 0.6 is 0 Å². The summed E-state index contributed by atoms with van der Waals surface area (Å²) < 4.78 is 0. The molecule has 0 spiro atoms. The van der Waals surface area contributed by atoms with Gasteiger partial charge in [0.2, 0.25) is 0 Å². The van der Waals surface area contributed by atoms with Crippen LogP contribution < -0.4 is 0 Å². The van der Waals surface area contributed by atoms with Gasteiger partial charge < -0.3 is 0 Å². The second-order valence-electron chi connectivity index (χ2n) is 8.61. The van der Waals surface area contributed by atoms with Crippen LogP contribution in [0.3, 0.4) is 0 Å². The summed E-state index contributed by atoms with van der Waals surface area (Å²) in [6, 6.07) is 6.62. The SMILES string of the molecule is CC(C)C1C=CC(Cc2cccc(CC3C=CC(C(C)C)C3)n2)C1. The van der Waals surface area contributed by atoms with Crippen molar-refractivity contribution in [1.29, 1.82) is 0 Å². The first kappa shape index (κ1) is 17.5. The number of nitrogens with zero attached hydrogens (tertiary/aromatic N) is 1. The minimum absolute atomic E-state index is 0.678. The first-order valence-electron chi connectivity index (χ1n) is 9.82. The van der Waals surface area contributed by atoms with Gasteiger partial charge in [0, 0.05) is 11.4 Å². The highest BCUT2D eigenvalue weighted by molar-refractivity contribution is 5.17. The van der Waals surface area contributed by atoms with Crippen LogP contribution in [0.15, 0.2) is 42.5 Å². The molecular formula is C23H33N. The van der Waals surface area contributed by atoms with E-state index in [2.05, 4.69) is 70.2 Å². The molecule has 4 atom stereocenters. The molecule has 130 valence electrons. The number of rotatable bonds is 6. The van der Waals surface area contributed by atoms with Gasteiger partial charge >= 0.3 is 0 Å². The Kier molecular flexibility index (Phi) is 5.58. The van der Waals surface area contributed by atoms with Crippen LogP contribution in [-0.4, -0.2) is 4.98 Å². The Hall–Kier alpha value is -1.37. The maximum absolute atomic E-state index is 4.97. The van der Waals surface area contributed by atoms with Gasteiger partial charge in [0.05, 0.1) is 0 Å². The fourth-order valence-electron chi connectivity index (χ4n) is 4.20. The predicted octanol–water partition coefficient (Wildman–Crippen LogP) is 5.86. The first-order valence-corrected chi connectivity index (χ1v) is 9.82. The third kappa shape index (κ3) is 4.37. The second-order valence-corrected chi connectivity index (χ2v) is 8.61. The van der Waals surface area contributed by atoms with Crippen LogP contribution in [0.2, 0.25) is 0 Å². The van der Waals surface area contributed by atoms with Gasteiger partial charge in [-0.2, -0.15) is 0 Å². The summed E-state index contributed by atoms with van der Waals surface area (Å²) in [6.07, 6.45) is 14.5. The minimum atomic E-state index is 0.678. The van der Waals surface area contributed by atoms with Gasteiger partial charge in [-0.15, -0.1) is 0 Å². The molecule has 2 aliphatic carbocycles. The summed E-state index contributed by atoms with van der Waals surface area (Å²) in [5.74, 6) is 4.39. The van der Waals surface area contributed by atoms with Crippen molar-refractivity contribution >= 4 is 0 Å². The molecule has 1 heterocycles. The smallest absolute Gasteiger partial charge is 0.0412 e. The quantitative estimate of drug-likeness (QED) is 0.597. The van der Waals surface area contributed by atoms with Gasteiger partial charge in [-0.25, -0.2) is 0 Å². The number of pyridine rings is 1. The van der Waals surface area contributed by atoms with E-state index in [0.717, 1.165) is 36.5 Å². The Bertz CT molecular complexity index is 547. The maximum Gasteiger partial charge on any atom is 0.0412 e. The van der Waals surface area contributed by atoms with Crippen molar-refractivity contribution in [2.24, 2.45) is 35.5 Å². The van der Waals surface area contributed by atoms with Crippen LogP contribution in [0.5, 0.6) is 0 Å². The van der Waals surface area contributed by atoms with Crippen molar-refractivity contribution < 1.29 is 0 Å². The van der Waals surface area contributed by atoms with E-state index in [1.165, 1.54) is 24.2 Å². The highest BCUT2D eigenvalue weighted by Gasteiger charge is 2.23. The molecule has 0 radical (unpaired) electrons. The van der Waals surface area contributed by atoms with E-state index >= 15 is 0 Å². The van der Waals surface area contributed by atoms with E-state index in [4.69, 9.17) is 4.98 Å². The van der Waals surface area contributed by atoms with E-state index in [0.29, 0.717) is 11.8 Å². The second kappa shape index (κ2) is 7.68. The molecule has 24 heavy (non-hydrogen) atoms. The lowest BCUT2D eigenvalue weighted by atomic mass is 9.90. The Labute approximate surface area is 148 Å². The van der Waals surface area contributed by atoms with Crippen LogP contribution in [0, 0.1) is 35.5 Å². The lowest BCUT2D eigenvalue weighted by Crippen LogP contribution is -2.09. The Balaban J connectivity index is 1.56. The fourth-order valence-corrected chi connectivity index (χ4v) is 4.20. The molecule has 0 bridgehead atoms. The van der Waals surface area contributed by atoms with Gasteiger partial charge in [-0.05, 0) is 73.3 Å². The molecule has 2 aliphatic rings. The molecule has 0 fully saturated rings. The maximum atomic E-state index is 4.97. The summed E-state index contributed by atoms with van der Waals surface area (Å²) in [7, 11) is 0. The Morgan fingerprint density at radius 1 is 0.792 bits per heavy atom. The molecule has 0 saturated carbocycles. The van der Waals surface area contributed by atoms with E-state index in [1.54, 1.807) is 0 Å². The van der Waals surface area contributed by atoms with Crippen LogP contribution in [0.1, 0.15) is 51.9 Å². The van der Waals surface area contributed by atoms with Gasteiger partial charge in [-0.1, -0.05) is 58.1 Å². The molecule has 0 saturated heterocycles. The molecule has 0 amide bonds. The summed E-state index contributed by atoms with van der Waals surface area (Å²) in [5.41, 5.74) is 2.54. The topological polar surface area (TPSA) is 12.9 Å². The number of aromatic nitrogens is 1. The molecule has 1 nitrogen and oxygen atoms in total. The standard InChI is InChI=1S/C23H33N/c1-16(2)20-10-8-18(12-20)14-22-6-5-7-23(24-22)15-19-9-11-21(13-19)17(3)4/h5-11,16-21H,12-15H2,1-4H3. The van der Waals surface area contributed by atoms with Crippen LogP contribution in [0.25, 0.3) is 0 Å². The van der Waals surface area contributed by atoms with Crippen molar-refractivity contribution in [3.8, 4) is 0 Å². The first-order chi connectivity index (χ1) is 11.5. The number of hydrogen-bond donors (Lipinski definition) is 0. The van der Waals surface area contributed by atoms with Crippen molar-refractivity contribution in [1.82, 2.24) is 4.98 Å². The predicted molar refractivity (Wildman–Crippen MR) is 103 cm³/mol. The van der Waals surface area contributed by atoms with Crippen molar-refractivity contribution in [3.05, 3.63) is 53.9 Å². The zero-order valence-corrected chi connectivity index (χ0v) is 15.8. The highest BCUT2D eigenvalue weighted by Crippen LogP contribution is 2.32. The van der Waals surface area contributed by atoms with E-state index < -0.39 is 0 Å². The Morgan fingerprint density at radius 3 is 1.62 bits per heavy atom. The van der Waals surface area contributed by atoms with Gasteiger partial charge in [-0.3, -0.25) is 4.98 Å². The highest BCUT2D eigenvalue weighted by atomic mass is 14.7. The molecule has 0 N–H and O–H groups in total. The fraction of sp³-hybridized carbons (Fsp3) is 0.609. The molecule has 4 unspecified atom stereocenters. The number of allylic oxidation sites excluding steroid dienone is 4. The molecule has 1 aromatic rings. The van der Waals surface area contributed by atoms with E-state index in [9.17, 15) is 0 Å². The lowest BCUT2D eigenvalue weighted by Gasteiger charge is -2.16. The van der Waals surface area contributed by atoms with Crippen molar-refractivity contribution in [3.63, 3.8) is 0 Å². The van der Waals surface area contributed by atoms with E-state index in [-0.39, 0.29) is 0 Å².